The second-order valence-corrected chi connectivity index (χ2v) is 2.85. The van der Waals surface area contributed by atoms with E-state index in [0.29, 0.717) is 5.56 Å². The van der Waals surface area contributed by atoms with Gasteiger partial charge in [-0.25, -0.2) is 4.39 Å². The third kappa shape index (κ3) is 1.97. The largest absolute Gasteiger partial charge is 0.508 e. The predicted octanol–water partition coefficient (Wildman–Crippen LogP) is 2.30. The second kappa shape index (κ2) is 3.90. The maximum atomic E-state index is 13.3. The van der Waals surface area contributed by atoms with E-state index in [1.807, 2.05) is 6.07 Å². The molecule has 3 heteroatoms. The molecule has 0 bridgehead atoms. The fraction of sp³-hybridized carbons (Fsp3) is 0.300. The fourth-order valence-corrected chi connectivity index (χ4v) is 1.15. The number of halogens is 1. The first-order valence-corrected chi connectivity index (χ1v) is 4.00. The van der Waals surface area contributed by atoms with Crippen molar-refractivity contribution in [2.45, 2.75) is 19.8 Å². The number of aromatic hydroxyl groups is 1. The molecule has 0 amide bonds. The predicted molar refractivity (Wildman–Crippen MR) is 46.7 cm³/mol. The Morgan fingerprint density at radius 3 is 2.85 bits per heavy atom. The van der Waals surface area contributed by atoms with Gasteiger partial charge in [0.25, 0.3) is 0 Å². The van der Waals surface area contributed by atoms with E-state index in [0.717, 1.165) is 0 Å². The molecular formula is C10H10FNO. The van der Waals surface area contributed by atoms with E-state index in [-0.39, 0.29) is 24.2 Å². The zero-order valence-electron chi connectivity index (χ0n) is 7.34. The van der Waals surface area contributed by atoms with Gasteiger partial charge in [-0.1, -0.05) is 6.07 Å². The summed E-state index contributed by atoms with van der Waals surface area (Å²) in [5.41, 5.74) is 0.729. The molecule has 0 aliphatic rings. The van der Waals surface area contributed by atoms with Crippen LogP contribution in [-0.2, 0) is 6.42 Å². The molecule has 0 aliphatic carbocycles. The van der Waals surface area contributed by atoms with Gasteiger partial charge in [0, 0.05) is 12.0 Å². The van der Waals surface area contributed by atoms with Crippen molar-refractivity contribution in [2.75, 3.05) is 0 Å². The number of benzene rings is 1. The number of hydrogen-bond acceptors (Lipinski definition) is 2. The van der Waals surface area contributed by atoms with Crippen molar-refractivity contribution in [3.8, 4) is 11.8 Å². The zero-order valence-corrected chi connectivity index (χ0v) is 7.34. The molecular weight excluding hydrogens is 169 g/mol. The minimum atomic E-state index is -0.407. The Balaban J connectivity index is 3.04. The Labute approximate surface area is 76.2 Å². The van der Waals surface area contributed by atoms with Crippen LogP contribution < -0.4 is 0 Å². The lowest BCUT2D eigenvalue weighted by molar-refractivity contribution is 0.457. The normalized spacial score (nSPS) is 9.62. The number of nitrogens with zero attached hydrogens (tertiary/aromatic N) is 1. The summed E-state index contributed by atoms with van der Waals surface area (Å²) in [6, 6.07) is 4.88. The molecule has 13 heavy (non-hydrogen) atoms. The van der Waals surface area contributed by atoms with E-state index in [2.05, 4.69) is 0 Å². The van der Waals surface area contributed by atoms with Crippen molar-refractivity contribution in [1.82, 2.24) is 0 Å². The van der Waals surface area contributed by atoms with Gasteiger partial charge in [-0.05, 0) is 25.0 Å². The van der Waals surface area contributed by atoms with E-state index in [1.165, 1.54) is 12.1 Å². The highest BCUT2D eigenvalue weighted by atomic mass is 19.1. The maximum absolute atomic E-state index is 13.3. The van der Waals surface area contributed by atoms with Gasteiger partial charge in [0.1, 0.15) is 11.6 Å². The Hall–Kier alpha value is -1.56. The lowest BCUT2D eigenvalue weighted by Crippen LogP contribution is -1.93. The summed E-state index contributed by atoms with van der Waals surface area (Å²) in [7, 11) is 0. The molecule has 0 saturated carbocycles. The lowest BCUT2D eigenvalue weighted by Gasteiger charge is -2.05. The Kier molecular flexibility index (Phi) is 2.86. The average Bonchev–Trinajstić information content (AvgIpc) is 2.12. The summed E-state index contributed by atoms with van der Waals surface area (Å²) < 4.78 is 13.3. The molecule has 0 heterocycles. The van der Waals surface area contributed by atoms with Gasteiger partial charge in [-0.15, -0.1) is 0 Å². The van der Waals surface area contributed by atoms with Crippen molar-refractivity contribution >= 4 is 0 Å². The number of rotatable bonds is 2. The van der Waals surface area contributed by atoms with Gasteiger partial charge in [0.05, 0.1) is 6.07 Å². The zero-order chi connectivity index (χ0) is 9.84. The van der Waals surface area contributed by atoms with Crippen LogP contribution in [0.3, 0.4) is 0 Å². The lowest BCUT2D eigenvalue weighted by atomic mass is 10.1. The molecule has 0 saturated heterocycles. The van der Waals surface area contributed by atoms with Crippen LogP contribution in [0.25, 0.3) is 0 Å². The second-order valence-electron chi connectivity index (χ2n) is 2.85. The van der Waals surface area contributed by atoms with Crippen LogP contribution in [0, 0.1) is 24.1 Å². The van der Waals surface area contributed by atoms with Crippen LogP contribution in [0.2, 0.25) is 0 Å². The molecule has 0 aromatic heterocycles. The number of phenols is 1. The summed E-state index contributed by atoms with van der Waals surface area (Å²) in [5.74, 6) is -0.478. The summed E-state index contributed by atoms with van der Waals surface area (Å²) >= 11 is 0. The van der Waals surface area contributed by atoms with Gasteiger partial charge >= 0.3 is 0 Å². The smallest absolute Gasteiger partial charge is 0.133 e. The first-order chi connectivity index (χ1) is 6.16. The molecule has 0 unspecified atom stereocenters. The molecule has 0 fully saturated rings. The van der Waals surface area contributed by atoms with Crippen LogP contribution in [-0.4, -0.2) is 5.11 Å². The minimum absolute atomic E-state index is 0.0710. The molecule has 0 spiro atoms. The van der Waals surface area contributed by atoms with Crippen molar-refractivity contribution in [1.29, 1.82) is 5.26 Å². The highest BCUT2D eigenvalue weighted by Gasteiger charge is 2.09. The number of hydrogen-bond donors (Lipinski definition) is 1. The maximum Gasteiger partial charge on any atom is 0.133 e. The van der Waals surface area contributed by atoms with E-state index in [4.69, 9.17) is 5.26 Å². The molecule has 0 aliphatic heterocycles. The van der Waals surface area contributed by atoms with Gasteiger partial charge < -0.3 is 5.11 Å². The van der Waals surface area contributed by atoms with Crippen LogP contribution in [0.5, 0.6) is 5.75 Å². The van der Waals surface area contributed by atoms with Crippen molar-refractivity contribution in [3.63, 3.8) is 0 Å². The first kappa shape index (κ1) is 9.53. The third-order valence-corrected chi connectivity index (χ3v) is 1.90. The highest BCUT2D eigenvalue weighted by molar-refractivity contribution is 5.37. The van der Waals surface area contributed by atoms with Gasteiger partial charge in [-0.3, -0.25) is 0 Å². The summed E-state index contributed by atoms with van der Waals surface area (Å²) in [6.07, 6.45) is 0.476. The molecule has 1 N–H and O–H groups in total. The van der Waals surface area contributed by atoms with E-state index < -0.39 is 5.82 Å². The van der Waals surface area contributed by atoms with Crippen molar-refractivity contribution < 1.29 is 9.50 Å². The minimum Gasteiger partial charge on any atom is -0.508 e. The molecule has 0 atom stereocenters. The van der Waals surface area contributed by atoms with Crippen LogP contribution in [0.15, 0.2) is 12.1 Å². The quantitative estimate of drug-likeness (QED) is 0.756. The Morgan fingerprint density at radius 1 is 1.54 bits per heavy atom. The van der Waals surface area contributed by atoms with E-state index in [1.54, 1.807) is 6.92 Å². The molecule has 1 aromatic rings. The van der Waals surface area contributed by atoms with Gasteiger partial charge in [0.15, 0.2) is 0 Å². The topological polar surface area (TPSA) is 44.0 Å². The molecule has 2 nitrogen and oxygen atoms in total. The van der Waals surface area contributed by atoms with Gasteiger partial charge in [-0.2, -0.15) is 5.26 Å². The SMILES string of the molecule is Cc1ccc(O)c(CCC#N)c1F. The van der Waals surface area contributed by atoms with Crippen LogP contribution in [0.4, 0.5) is 4.39 Å². The van der Waals surface area contributed by atoms with Gasteiger partial charge in [0.2, 0.25) is 0 Å². The van der Waals surface area contributed by atoms with Crippen molar-refractivity contribution in [3.05, 3.63) is 29.1 Å². The van der Waals surface area contributed by atoms with Crippen LogP contribution >= 0.6 is 0 Å². The molecule has 68 valence electrons. The molecule has 1 rings (SSSR count). The summed E-state index contributed by atoms with van der Waals surface area (Å²) in [5, 5.41) is 17.6. The number of nitriles is 1. The Morgan fingerprint density at radius 2 is 2.23 bits per heavy atom. The first-order valence-electron chi connectivity index (χ1n) is 4.00. The molecule has 0 radical (unpaired) electrons. The van der Waals surface area contributed by atoms with E-state index >= 15 is 0 Å². The highest BCUT2D eigenvalue weighted by Crippen LogP contribution is 2.23. The number of aryl methyl sites for hydroxylation is 1. The summed E-state index contributed by atoms with van der Waals surface area (Å²) in [6.45, 7) is 1.63. The van der Waals surface area contributed by atoms with E-state index in [9.17, 15) is 9.50 Å². The Bertz CT molecular complexity index is 355. The third-order valence-electron chi connectivity index (χ3n) is 1.90. The van der Waals surface area contributed by atoms with Crippen molar-refractivity contribution in [2.24, 2.45) is 0 Å². The monoisotopic (exact) mass is 179 g/mol. The fourth-order valence-electron chi connectivity index (χ4n) is 1.15. The standard InChI is InChI=1S/C10H10FNO/c1-7-4-5-9(13)8(10(7)11)3-2-6-12/h4-5,13H,2-3H2,1H3. The number of phenolic OH excluding ortho intramolecular Hbond substituents is 1. The van der Waals surface area contributed by atoms with Crippen LogP contribution in [0.1, 0.15) is 17.5 Å². The summed E-state index contributed by atoms with van der Waals surface area (Å²) in [4.78, 5) is 0. The molecule has 1 aromatic carbocycles. The average molecular weight is 179 g/mol.